The van der Waals surface area contributed by atoms with E-state index in [1.807, 2.05) is 4.90 Å². The van der Waals surface area contributed by atoms with Crippen molar-refractivity contribution in [1.82, 2.24) is 10.2 Å². The standard InChI is InChI=1S/C12H22N2O3/c1-2-17-12(16)10-13-7-6-11(15)14-8-4-3-5-9-14/h13H,2-10H2,1H3. The quantitative estimate of drug-likeness (QED) is 0.545. The molecule has 0 aromatic heterocycles. The van der Waals surface area contributed by atoms with E-state index in [1.165, 1.54) is 6.42 Å². The Morgan fingerprint density at radius 1 is 1.24 bits per heavy atom. The molecule has 0 bridgehead atoms. The van der Waals surface area contributed by atoms with Gasteiger partial charge in [-0.15, -0.1) is 0 Å². The highest BCUT2D eigenvalue weighted by Crippen LogP contribution is 2.09. The van der Waals surface area contributed by atoms with Crippen LogP contribution in [0.5, 0.6) is 0 Å². The summed E-state index contributed by atoms with van der Waals surface area (Å²) in [6.45, 7) is 4.66. The molecule has 1 rings (SSSR count). The zero-order valence-electron chi connectivity index (χ0n) is 10.5. The van der Waals surface area contributed by atoms with Crippen LogP contribution >= 0.6 is 0 Å². The van der Waals surface area contributed by atoms with E-state index in [4.69, 9.17) is 4.74 Å². The third-order valence-electron chi connectivity index (χ3n) is 2.80. The normalized spacial score (nSPS) is 15.7. The number of esters is 1. The predicted molar refractivity (Wildman–Crippen MR) is 64.6 cm³/mol. The maximum Gasteiger partial charge on any atom is 0.319 e. The van der Waals surface area contributed by atoms with Crippen LogP contribution in [-0.2, 0) is 14.3 Å². The van der Waals surface area contributed by atoms with Crippen LogP contribution in [0, 0.1) is 0 Å². The fraction of sp³-hybridized carbons (Fsp3) is 0.833. The van der Waals surface area contributed by atoms with Crippen molar-refractivity contribution < 1.29 is 14.3 Å². The molecule has 0 saturated carbocycles. The van der Waals surface area contributed by atoms with E-state index in [9.17, 15) is 9.59 Å². The Bertz CT molecular complexity index is 250. The molecule has 98 valence electrons. The van der Waals surface area contributed by atoms with Crippen molar-refractivity contribution in [3.63, 3.8) is 0 Å². The molecule has 1 saturated heterocycles. The zero-order valence-corrected chi connectivity index (χ0v) is 10.5. The van der Waals surface area contributed by atoms with Crippen LogP contribution in [-0.4, -0.2) is 49.6 Å². The van der Waals surface area contributed by atoms with Crippen LogP contribution in [0.25, 0.3) is 0 Å². The average molecular weight is 242 g/mol. The van der Waals surface area contributed by atoms with Gasteiger partial charge in [0.1, 0.15) is 0 Å². The highest BCUT2D eigenvalue weighted by molar-refractivity contribution is 5.76. The number of carbonyl (C=O) groups is 2. The second kappa shape index (κ2) is 8.06. The third kappa shape index (κ3) is 5.68. The number of hydrogen-bond donors (Lipinski definition) is 1. The lowest BCUT2D eigenvalue weighted by atomic mass is 10.1. The molecule has 17 heavy (non-hydrogen) atoms. The number of likely N-dealkylation sites (tertiary alicyclic amines) is 1. The molecule has 0 radical (unpaired) electrons. The number of nitrogens with one attached hydrogen (secondary N) is 1. The van der Waals surface area contributed by atoms with E-state index in [0.29, 0.717) is 19.6 Å². The number of nitrogens with zero attached hydrogens (tertiary/aromatic N) is 1. The lowest BCUT2D eigenvalue weighted by Gasteiger charge is -2.26. The second-order valence-electron chi connectivity index (χ2n) is 4.17. The summed E-state index contributed by atoms with van der Waals surface area (Å²) in [6, 6.07) is 0. The van der Waals surface area contributed by atoms with Crippen LogP contribution in [0.15, 0.2) is 0 Å². The molecule has 0 aromatic carbocycles. The largest absolute Gasteiger partial charge is 0.465 e. The topological polar surface area (TPSA) is 58.6 Å². The van der Waals surface area contributed by atoms with Crippen LogP contribution in [0.1, 0.15) is 32.6 Å². The smallest absolute Gasteiger partial charge is 0.319 e. The van der Waals surface area contributed by atoms with Gasteiger partial charge in [0.2, 0.25) is 5.91 Å². The molecule has 1 fully saturated rings. The van der Waals surface area contributed by atoms with Crippen molar-refractivity contribution in [2.45, 2.75) is 32.6 Å². The van der Waals surface area contributed by atoms with Crippen LogP contribution in [0.2, 0.25) is 0 Å². The number of rotatable bonds is 6. The Morgan fingerprint density at radius 2 is 1.94 bits per heavy atom. The molecule has 5 nitrogen and oxygen atoms in total. The lowest BCUT2D eigenvalue weighted by Crippen LogP contribution is -2.37. The Kier molecular flexibility index (Phi) is 6.62. The second-order valence-corrected chi connectivity index (χ2v) is 4.17. The molecular weight excluding hydrogens is 220 g/mol. The maximum absolute atomic E-state index is 11.7. The summed E-state index contributed by atoms with van der Waals surface area (Å²) >= 11 is 0. The molecule has 1 amide bonds. The van der Waals surface area contributed by atoms with Gasteiger partial charge in [-0.1, -0.05) is 0 Å². The number of hydrogen-bond acceptors (Lipinski definition) is 4. The molecule has 0 aromatic rings. The van der Waals surface area contributed by atoms with E-state index in [-0.39, 0.29) is 18.4 Å². The Morgan fingerprint density at radius 3 is 2.59 bits per heavy atom. The minimum atomic E-state index is -0.266. The highest BCUT2D eigenvalue weighted by Gasteiger charge is 2.15. The van der Waals surface area contributed by atoms with Crippen molar-refractivity contribution in [2.24, 2.45) is 0 Å². The lowest BCUT2D eigenvalue weighted by molar-refractivity contribution is -0.142. The summed E-state index contributed by atoms with van der Waals surface area (Å²) in [6.07, 6.45) is 3.91. The molecule has 5 heteroatoms. The average Bonchev–Trinajstić information content (AvgIpc) is 2.36. The van der Waals surface area contributed by atoms with E-state index >= 15 is 0 Å². The molecule has 0 unspecified atom stereocenters. The van der Waals surface area contributed by atoms with Gasteiger partial charge in [0.05, 0.1) is 13.2 Å². The van der Waals surface area contributed by atoms with Gasteiger partial charge in [-0.05, 0) is 26.2 Å². The van der Waals surface area contributed by atoms with Crippen LogP contribution in [0.3, 0.4) is 0 Å². The first kappa shape index (κ1) is 14.0. The zero-order chi connectivity index (χ0) is 12.5. The van der Waals surface area contributed by atoms with Gasteiger partial charge in [0.15, 0.2) is 0 Å². The van der Waals surface area contributed by atoms with Crippen molar-refractivity contribution in [2.75, 3.05) is 32.8 Å². The Labute approximate surface area is 102 Å². The molecule has 0 spiro atoms. The van der Waals surface area contributed by atoms with Crippen molar-refractivity contribution in [3.05, 3.63) is 0 Å². The van der Waals surface area contributed by atoms with Gasteiger partial charge >= 0.3 is 5.97 Å². The Hall–Kier alpha value is -1.10. The van der Waals surface area contributed by atoms with Crippen molar-refractivity contribution >= 4 is 11.9 Å². The monoisotopic (exact) mass is 242 g/mol. The minimum Gasteiger partial charge on any atom is -0.465 e. The van der Waals surface area contributed by atoms with E-state index in [0.717, 1.165) is 25.9 Å². The van der Waals surface area contributed by atoms with Gasteiger partial charge in [0.25, 0.3) is 0 Å². The van der Waals surface area contributed by atoms with Gasteiger partial charge in [-0.3, -0.25) is 9.59 Å². The first-order valence-corrected chi connectivity index (χ1v) is 6.38. The molecule has 0 aliphatic carbocycles. The molecule has 1 aliphatic heterocycles. The van der Waals surface area contributed by atoms with E-state index in [1.54, 1.807) is 6.92 Å². The van der Waals surface area contributed by atoms with Gasteiger partial charge in [-0.25, -0.2) is 0 Å². The number of piperidine rings is 1. The molecule has 1 heterocycles. The maximum atomic E-state index is 11.7. The van der Waals surface area contributed by atoms with Gasteiger partial charge in [0, 0.05) is 26.1 Å². The van der Waals surface area contributed by atoms with Crippen LogP contribution < -0.4 is 5.32 Å². The summed E-state index contributed by atoms with van der Waals surface area (Å²) < 4.78 is 4.77. The number of carbonyl (C=O) groups excluding carboxylic acids is 2. The van der Waals surface area contributed by atoms with Gasteiger partial charge < -0.3 is 15.0 Å². The summed E-state index contributed by atoms with van der Waals surface area (Å²) in [7, 11) is 0. The SMILES string of the molecule is CCOC(=O)CNCCC(=O)N1CCCCC1. The van der Waals surface area contributed by atoms with E-state index in [2.05, 4.69) is 5.32 Å². The molecule has 0 atom stereocenters. The number of ether oxygens (including phenoxy) is 1. The van der Waals surface area contributed by atoms with Crippen LogP contribution in [0.4, 0.5) is 0 Å². The third-order valence-corrected chi connectivity index (χ3v) is 2.80. The molecule has 1 N–H and O–H groups in total. The summed E-state index contributed by atoms with van der Waals surface area (Å²) in [4.78, 5) is 24.7. The van der Waals surface area contributed by atoms with Crippen molar-refractivity contribution in [1.29, 1.82) is 0 Å². The summed E-state index contributed by atoms with van der Waals surface area (Å²) in [5.41, 5.74) is 0. The number of amides is 1. The van der Waals surface area contributed by atoms with Crippen molar-refractivity contribution in [3.8, 4) is 0 Å². The fourth-order valence-electron chi connectivity index (χ4n) is 1.90. The molecule has 1 aliphatic rings. The summed E-state index contributed by atoms with van der Waals surface area (Å²) in [5.74, 6) is -0.0843. The van der Waals surface area contributed by atoms with E-state index < -0.39 is 0 Å². The highest BCUT2D eigenvalue weighted by atomic mass is 16.5. The summed E-state index contributed by atoms with van der Waals surface area (Å²) in [5, 5.41) is 2.92. The molecular formula is C12H22N2O3. The fourth-order valence-corrected chi connectivity index (χ4v) is 1.90. The van der Waals surface area contributed by atoms with Gasteiger partial charge in [-0.2, -0.15) is 0 Å². The minimum absolute atomic E-state index is 0.182. The first-order valence-electron chi connectivity index (χ1n) is 6.38. The first-order chi connectivity index (χ1) is 8.24. The Balaban J connectivity index is 2.05. The predicted octanol–water partition coefficient (Wildman–Crippen LogP) is 0.542.